The van der Waals surface area contributed by atoms with Gasteiger partial charge in [-0.1, -0.05) is 6.92 Å². The van der Waals surface area contributed by atoms with Gasteiger partial charge < -0.3 is 25.1 Å². The number of hydrogen-bond donors (Lipinski definition) is 1. The topological polar surface area (TPSA) is 114 Å². The number of fused-ring (bicyclic) bond motifs is 1. The van der Waals surface area contributed by atoms with Crippen LogP contribution >= 0.6 is 0 Å². The molecule has 2 aromatic heterocycles. The van der Waals surface area contributed by atoms with Crippen LogP contribution in [0.3, 0.4) is 0 Å². The molecule has 32 heavy (non-hydrogen) atoms. The van der Waals surface area contributed by atoms with Gasteiger partial charge in [0.2, 0.25) is 11.9 Å². The summed E-state index contributed by atoms with van der Waals surface area (Å²) < 4.78 is 5.52. The zero-order valence-electron chi connectivity index (χ0n) is 18.3. The highest BCUT2D eigenvalue weighted by Crippen LogP contribution is 2.49. The van der Waals surface area contributed by atoms with E-state index in [1.807, 2.05) is 0 Å². The molecular formula is C22H28N8O2. The van der Waals surface area contributed by atoms with E-state index < -0.39 is 0 Å². The van der Waals surface area contributed by atoms with E-state index in [1.165, 1.54) is 0 Å². The van der Waals surface area contributed by atoms with E-state index in [9.17, 15) is 4.79 Å². The number of aldehydes is 1. The fourth-order valence-electron chi connectivity index (χ4n) is 5.20. The predicted octanol–water partition coefficient (Wildman–Crippen LogP) is 0.377. The summed E-state index contributed by atoms with van der Waals surface area (Å²) in [5.41, 5.74) is 8.47. The zero-order valence-corrected chi connectivity index (χ0v) is 18.3. The van der Waals surface area contributed by atoms with Crippen LogP contribution in [0.5, 0.6) is 0 Å². The van der Waals surface area contributed by atoms with Crippen LogP contribution in [-0.4, -0.2) is 89.1 Å². The van der Waals surface area contributed by atoms with Crippen LogP contribution in [0.4, 0.5) is 17.7 Å². The number of nitrogen functional groups attached to an aromatic ring is 1. The van der Waals surface area contributed by atoms with Crippen LogP contribution in [0.15, 0.2) is 12.4 Å². The molecule has 2 saturated heterocycles. The van der Waals surface area contributed by atoms with Gasteiger partial charge in [0.25, 0.3) is 0 Å². The summed E-state index contributed by atoms with van der Waals surface area (Å²) in [7, 11) is 0. The lowest BCUT2D eigenvalue weighted by molar-refractivity contribution is -0.112. The Morgan fingerprint density at radius 2 is 1.91 bits per heavy atom. The first kappa shape index (κ1) is 19.8. The number of anilines is 3. The number of ether oxygens (including phenoxy) is 1. The van der Waals surface area contributed by atoms with Crippen molar-refractivity contribution in [2.24, 2.45) is 5.41 Å². The van der Waals surface area contributed by atoms with E-state index in [2.05, 4.69) is 31.6 Å². The number of nitrogens with two attached hydrogens (primary N) is 1. The Labute approximate surface area is 186 Å². The van der Waals surface area contributed by atoms with Crippen molar-refractivity contribution in [2.45, 2.75) is 31.8 Å². The van der Waals surface area contributed by atoms with Gasteiger partial charge in [0, 0.05) is 67.7 Å². The molecule has 6 rings (SSSR count). The van der Waals surface area contributed by atoms with Gasteiger partial charge in [-0.3, -0.25) is 4.90 Å². The molecule has 2 N–H and O–H groups in total. The third-order valence-corrected chi connectivity index (χ3v) is 7.36. The van der Waals surface area contributed by atoms with Crippen LogP contribution in [0.1, 0.15) is 18.9 Å². The molecule has 10 heteroatoms. The van der Waals surface area contributed by atoms with E-state index in [4.69, 9.17) is 20.4 Å². The molecule has 3 aliphatic heterocycles. The lowest BCUT2D eigenvalue weighted by Crippen LogP contribution is -2.60. The van der Waals surface area contributed by atoms with E-state index in [1.54, 1.807) is 12.4 Å². The molecule has 3 fully saturated rings. The number of morpholine rings is 1. The van der Waals surface area contributed by atoms with Gasteiger partial charge >= 0.3 is 0 Å². The normalized spacial score (nSPS) is 27.8. The van der Waals surface area contributed by atoms with Gasteiger partial charge in [0.05, 0.1) is 24.9 Å². The van der Waals surface area contributed by atoms with Crippen molar-refractivity contribution in [3.8, 4) is 11.3 Å². The maximum Gasteiger partial charge on any atom is 0.228 e. The number of aromatic nitrogens is 4. The largest absolute Gasteiger partial charge is 0.378 e. The van der Waals surface area contributed by atoms with Crippen LogP contribution in [-0.2, 0) is 16.0 Å². The first-order chi connectivity index (χ1) is 15.6. The van der Waals surface area contributed by atoms with Crippen molar-refractivity contribution in [2.75, 3.05) is 61.5 Å². The first-order valence-electron chi connectivity index (χ1n) is 11.3. The lowest BCUT2D eigenvalue weighted by atomic mass is 10.0. The fraction of sp³-hybridized carbons (Fsp3) is 0.591. The predicted molar refractivity (Wildman–Crippen MR) is 119 cm³/mol. The summed E-state index contributed by atoms with van der Waals surface area (Å²) in [6.45, 7) is 7.85. The van der Waals surface area contributed by atoms with Gasteiger partial charge in [-0.2, -0.15) is 4.98 Å². The molecule has 2 atom stereocenters. The maximum absolute atomic E-state index is 11.3. The summed E-state index contributed by atoms with van der Waals surface area (Å²) in [4.78, 5) is 36.8. The summed E-state index contributed by atoms with van der Waals surface area (Å²) in [6, 6.07) is 0.811. The highest BCUT2D eigenvalue weighted by Gasteiger charge is 2.56. The molecule has 5 heterocycles. The molecule has 0 radical (unpaired) electrons. The second kappa shape index (κ2) is 7.35. The monoisotopic (exact) mass is 436 g/mol. The lowest BCUT2D eigenvalue weighted by Gasteiger charge is -2.45. The third-order valence-electron chi connectivity index (χ3n) is 7.36. The molecule has 1 aliphatic carbocycles. The quantitative estimate of drug-likeness (QED) is 0.660. The van der Waals surface area contributed by atoms with Crippen molar-refractivity contribution in [3.63, 3.8) is 0 Å². The highest BCUT2D eigenvalue weighted by molar-refractivity contribution is 5.73. The molecule has 1 saturated carbocycles. The van der Waals surface area contributed by atoms with E-state index in [0.717, 1.165) is 80.4 Å². The number of rotatable bonds is 5. The number of carbonyl (C=O) groups is 1. The number of nitrogens with zero attached hydrogens (tertiary/aromatic N) is 7. The second-order valence-electron chi connectivity index (χ2n) is 9.50. The van der Waals surface area contributed by atoms with Gasteiger partial charge in [0.1, 0.15) is 12.1 Å². The van der Waals surface area contributed by atoms with Gasteiger partial charge in [-0.05, 0) is 12.8 Å². The van der Waals surface area contributed by atoms with Crippen LogP contribution < -0.4 is 15.5 Å². The molecule has 0 amide bonds. The third kappa shape index (κ3) is 3.20. The smallest absolute Gasteiger partial charge is 0.228 e. The van der Waals surface area contributed by atoms with Gasteiger partial charge in [0.15, 0.2) is 0 Å². The van der Waals surface area contributed by atoms with Crippen molar-refractivity contribution >= 4 is 24.0 Å². The van der Waals surface area contributed by atoms with Gasteiger partial charge in [-0.15, -0.1) is 0 Å². The van der Waals surface area contributed by atoms with Crippen LogP contribution in [0, 0.1) is 5.41 Å². The second-order valence-corrected chi connectivity index (χ2v) is 9.50. The van der Waals surface area contributed by atoms with Crippen molar-refractivity contribution < 1.29 is 9.53 Å². The van der Waals surface area contributed by atoms with Gasteiger partial charge in [-0.25, -0.2) is 15.0 Å². The molecule has 0 spiro atoms. The minimum atomic E-state index is -0.151. The maximum atomic E-state index is 11.3. The summed E-state index contributed by atoms with van der Waals surface area (Å²) in [5.74, 6) is 2.01. The van der Waals surface area contributed by atoms with E-state index in [0.29, 0.717) is 25.3 Å². The Bertz CT molecular complexity index is 1030. The summed E-state index contributed by atoms with van der Waals surface area (Å²) >= 11 is 0. The molecule has 2 unspecified atom stereocenters. The first-order valence-corrected chi connectivity index (χ1v) is 11.3. The fourth-order valence-corrected chi connectivity index (χ4v) is 5.20. The minimum Gasteiger partial charge on any atom is -0.378 e. The summed E-state index contributed by atoms with van der Waals surface area (Å²) in [6.07, 6.45) is 6.48. The molecule has 168 valence electrons. The van der Waals surface area contributed by atoms with Crippen LogP contribution in [0.25, 0.3) is 11.3 Å². The Hall–Kier alpha value is -2.85. The standard InChI is InChI=1S/C22H28N8O2/c1-22(13-31)8-17(22)29-11-15(12-29)30-3-2-16-18(14-9-24-20(23)25-10-14)26-21(27-19(16)30)28-4-6-32-7-5-28/h9-10,13,15,17H,2-8,11-12H2,1H3,(H2,23,24,25). The molecular weight excluding hydrogens is 408 g/mol. The average Bonchev–Trinajstić information content (AvgIpc) is 3.28. The Kier molecular flexibility index (Phi) is 4.55. The Balaban J connectivity index is 1.31. The van der Waals surface area contributed by atoms with Crippen molar-refractivity contribution in [3.05, 3.63) is 18.0 Å². The van der Waals surface area contributed by atoms with E-state index >= 15 is 0 Å². The van der Waals surface area contributed by atoms with Crippen LogP contribution in [0.2, 0.25) is 0 Å². The molecule has 4 aliphatic rings. The number of hydrogen-bond acceptors (Lipinski definition) is 10. The highest BCUT2D eigenvalue weighted by atomic mass is 16.5. The SMILES string of the molecule is CC1(C=O)CC1N1CC(N2CCc3c(-c4cnc(N)nc4)nc(N4CCOCC4)nc32)C1. The van der Waals surface area contributed by atoms with Crippen molar-refractivity contribution in [1.29, 1.82) is 0 Å². The van der Waals surface area contributed by atoms with Crippen molar-refractivity contribution in [1.82, 2.24) is 24.8 Å². The number of carbonyl (C=O) groups excluding carboxylic acids is 1. The molecule has 0 aromatic carbocycles. The zero-order chi connectivity index (χ0) is 21.9. The Morgan fingerprint density at radius 1 is 1.16 bits per heavy atom. The molecule has 0 bridgehead atoms. The number of likely N-dealkylation sites (tertiary alicyclic amines) is 1. The Morgan fingerprint density at radius 3 is 2.59 bits per heavy atom. The minimum absolute atomic E-state index is 0.151. The summed E-state index contributed by atoms with van der Waals surface area (Å²) in [5, 5.41) is 0. The molecule has 10 nitrogen and oxygen atoms in total. The molecule has 2 aromatic rings. The van der Waals surface area contributed by atoms with E-state index in [-0.39, 0.29) is 11.4 Å². The average molecular weight is 437 g/mol.